The molecule has 3 N–H and O–H groups in total. The summed E-state index contributed by atoms with van der Waals surface area (Å²) in [6.45, 7) is 11.6. The van der Waals surface area contributed by atoms with Crippen molar-refractivity contribution in [1.82, 2.24) is 20.2 Å². The molecule has 0 spiro atoms. The lowest BCUT2D eigenvalue weighted by molar-refractivity contribution is 0.0942. The highest BCUT2D eigenvalue weighted by Gasteiger charge is 2.21. The second-order valence-corrected chi connectivity index (χ2v) is 12.5. The number of methoxy groups -OCH3 is 1. The predicted octanol–water partition coefficient (Wildman–Crippen LogP) is 7.28. The molecule has 4 aromatic rings. The second-order valence-electron chi connectivity index (χ2n) is 12.5. The fourth-order valence-corrected chi connectivity index (χ4v) is 5.65. The summed E-state index contributed by atoms with van der Waals surface area (Å²) in [7, 11) is 1.48. The van der Waals surface area contributed by atoms with Gasteiger partial charge in [0.15, 0.2) is 11.5 Å². The van der Waals surface area contributed by atoms with Crippen LogP contribution in [0.2, 0.25) is 0 Å². The molecular formula is C38H46N6O5. The number of nitrogens with one attached hydrogen (secondary N) is 3. The van der Waals surface area contributed by atoms with Gasteiger partial charge in [-0.1, -0.05) is 30.7 Å². The van der Waals surface area contributed by atoms with E-state index in [0.29, 0.717) is 29.3 Å². The minimum atomic E-state index is -0.439. The normalized spacial score (nSPS) is 13.1. The van der Waals surface area contributed by atoms with Crippen LogP contribution in [0.5, 0.6) is 23.1 Å². The number of piperidine rings is 1. The molecule has 258 valence electrons. The number of benzene rings is 3. The largest absolute Gasteiger partial charge is 0.493 e. The van der Waals surface area contributed by atoms with Gasteiger partial charge in [0.2, 0.25) is 11.8 Å². The van der Waals surface area contributed by atoms with E-state index in [2.05, 4.69) is 30.8 Å². The van der Waals surface area contributed by atoms with Crippen molar-refractivity contribution in [3.63, 3.8) is 0 Å². The quantitative estimate of drug-likeness (QED) is 0.119. The van der Waals surface area contributed by atoms with Crippen LogP contribution in [0.15, 0.2) is 66.9 Å². The van der Waals surface area contributed by atoms with Crippen LogP contribution in [0.4, 0.5) is 17.3 Å². The first kappa shape index (κ1) is 35.2. The van der Waals surface area contributed by atoms with E-state index in [4.69, 9.17) is 14.2 Å². The van der Waals surface area contributed by atoms with Gasteiger partial charge in [-0.25, -0.2) is 4.98 Å². The lowest BCUT2D eigenvalue weighted by Gasteiger charge is -2.26. The average Bonchev–Trinajstić information content (AvgIpc) is 3.09. The molecule has 5 rings (SSSR count). The molecule has 1 aromatic heterocycles. The summed E-state index contributed by atoms with van der Waals surface area (Å²) >= 11 is 0. The van der Waals surface area contributed by atoms with E-state index in [-0.39, 0.29) is 35.1 Å². The van der Waals surface area contributed by atoms with Gasteiger partial charge < -0.3 is 35.1 Å². The van der Waals surface area contributed by atoms with E-state index in [9.17, 15) is 9.59 Å². The first-order valence-electron chi connectivity index (χ1n) is 16.8. The summed E-state index contributed by atoms with van der Waals surface area (Å²) < 4.78 is 17.9. The first-order valence-corrected chi connectivity index (χ1v) is 16.8. The van der Waals surface area contributed by atoms with Crippen molar-refractivity contribution in [2.24, 2.45) is 0 Å². The summed E-state index contributed by atoms with van der Waals surface area (Å²) in [5.74, 6) is 0.846. The van der Waals surface area contributed by atoms with Gasteiger partial charge in [-0.2, -0.15) is 4.98 Å². The highest BCUT2D eigenvalue weighted by atomic mass is 16.5. The maximum atomic E-state index is 13.7. The van der Waals surface area contributed by atoms with Gasteiger partial charge in [-0.15, -0.1) is 0 Å². The Labute approximate surface area is 288 Å². The standard InChI is InChI=1S/C38H46N6O5/c1-25(2)40-35(45)28-16-17-32(33(22-28)47-5)49-37-31(36(46)42-34-26(3)12-9-13-27(34)4)24-39-38(43-37)41-29-14-10-15-30(23-29)48-21-11-20-44-18-7-6-8-19-44/h9-10,12-17,22-25H,6-8,11,18-21H2,1-5H3,(H,40,45)(H,42,46)(H,39,41,43). The number of para-hydroxylation sites is 1. The van der Waals surface area contributed by atoms with E-state index < -0.39 is 5.91 Å². The molecule has 3 aromatic carbocycles. The van der Waals surface area contributed by atoms with Crippen LogP contribution in [0.1, 0.15) is 71.4 Å². The van der Waals surface area contributed by atoms with Gasteiger partial charge in [0, 0.05) is 41.8 Å². The molecule has 1 saturated heterocycles. The van der Waals surface area contributed by atoms with Crippen molar-refractivity contribution < 1.29 is 23.8 Å². The number of aryl methyl sites for hydroxylation is 2. The van der Waals surface area contributed by atoms with E-state index in [0.717, 1.165) is 29.8 Å². The van der Waals surface area contributed by atoms with Gasteiger partial charge >= 0.3 is 0 Å². The van der Waals surface area contributed by atoms with Crippen LogP contribution in [-0.2, 0) is 0 Å². The summed E-state index contributed by atoms with van der Waals surface area (Å²) in [6, 6.07) is 18.2. The van der Waals surface area contributed by atoms with Crippen molar-refractivity contribution in [3.8, 4) is 23.1 Å². The number of nitrogens with zero attached hydrogens (tertiary/aromatic N) is 3. The Morgan fingerprint density at radius 3 is 2.41 bits per heavy atom. The highest BCUT2D eigenvalue weighted by molar-refractivity contribution is 6.06. The van der Waals surface area contributed by atoms with Gasteiger partial charge in [0.05, 0.1) is 13.7 Å². The number of likely N-dealkylation sites (tertiary alicyclic amines) is 1. The van der Waals surface area contributed by atoms with Crippen LogP contribution >= 0.6 is 0 Å². The van der Waals surface area contributed by atoms with Crippen LogP contribution < -0.4 is 30.2 Å². The van der Waals surface area contributed by atoms with Crippen molar-refractivity contribution in [2.45, 2.75) is 59.4 Å². The van der Waals surface area contributed by atoms with E-state index in [1.165, 1.54) is 45.7 Å². The third-order valence-corrected chi connectivity index (χ3v) is 8.20. The Bertz CT molecular complexity index is 1730. The van der Waals surface area contributed by atoms with E-state index in [1.807, 2.05) is 70.2 Å². The lowest BCUT2D eigenvalue weighted by atomic mass is 10.1. The fourth-order valence-electron chi connectivity index (χ4n) is 5.65. The van der Waals surface area contributed by atoms with Crippen molar-refractivity contribution >= 4 is 29.1 Å². The third kappa shape index (κ3) is 9.70. The molecule has 0 radical (unpaired) electrons. The molecule has 0 bridgehead atoms. The lowest BCUT2D eigenvalue weighted by Crippen LogP contribution is -2.31. The number of hydrogen-bond donors (Lipinski definition) is 3. The number of anilines is 3. The smallest absolute Gasteiger partial charge is 0.262 e. The zero-order chi connectivity index (χ0) is 34.8. The number of amides is 2. The molecule has 11 heteroatoms. The summed E-state index contributed by atoms with van der Waals surface area (Å²) in [4.78, 5) is 37.9. The highest BCUT2D eigenvalue weighted by Crippen LogP contribution is 2.34. The van der Waals surface area contributed by atoms with Crippen LogP contribution in [0, 0.1) is 13.8 Å². The topological polar surface area (TPSA) is 127 Å². The molecule has 2 heterocycles. The monoisotopic (exact) mass is 666 g/mol. The van der Waals surface area contributed by atoms with Gasteiger partial charge in [-0.3, -0.25) is 9.59 Å². The van der Waals surface area contributed by atoms with Crippen molar-refractivity contribution in [3.05, 3.63) is 89.1 Å². The number of carbonyl (C=O) groups is 2. The Balaban J connectivity index is 1.37. The summed E-state index contributed by atoms with van der Waals surface area (Å²) in [6.07, 6.45) is 6.26. The van der Waals surface area contributed by atoms with Gasteiger partial charge in [0.25, 0.3) is 11.8 Å². The predicted molar refractivity (Wildman–Crippen MR) is 192 cm³/mol. The number of ether oxygens (including phenoxy) is 3. The molecule has 2 amide bonds. The molecule has 0 atom stereocenters. The summed E-state index contributed by atoms with van der Waals surface area (Å²) in [5, 5.41) is 9.07. The summed E-state index contributed by atoms with van der Waals surface area (Å²) in [5.41, 5.74) is 3.77. The molecule has 11 nitrogen and oxygen atoms in total. The zero-order valence-corrected chi connectivity index (χ0v) is 29.0. The van der Waals surface area contributed by atoms with Crippen LogP contribution in [0.3, 0.4) is 0 Å². The molecule has 0 saturated carbocycles. The van der Waals surface area contributed by atoms with Crippen LogP contribution in [-0.4, -0.2) is 66.1 Å². The molecule has 49 heavy (non-hydrogen) atoms. The maximum absolute atomic E-state index is 13.7. The fraction of sp³-hybridized carbons (Fsp3) is 0.368. The maximum Gasteiger partial charge on any atom is 0.262 e. The zero-order valence-electron chi connectivity index (χ0n) is 29.0. The van der Waals surface area contributed by atoms with Crippen molar-refractivity contribution in [1.29, 1.82) is 0 Å². The number of hydrogen-bond acceptors (Lipinski definition) is 9. The molecule has 0 aliphatic carbocycles. The van der Waals surface area contributed by atoms with Gasteiger partial charge in [-0.05, 0) is 102 Å². The Morgan fingerprint density at radius 2 is 1.67 bits per heavy atom. The molecule has 1 fully saturated rings. The average molecular weight is 667 g/mol. The molecular weight excluding hydrogens is 620 g/mol. The first-order chi connectivity index (χ1) is 23.7. The van der Waals surface area contributed by atoms with E-state index >= 15 is 0 Å². The molecule has 1 aliphatic heterocycles. The van der Waals surface area contributed by atoms with Gasteiger partial charge in [0.1, 0.15) is 11.3 Å². The second kappa shape index (κ2) is 16.8. The Kier molecular flexibility index (Phi) is 12.0. The number of aromatic nitrogens is 2. The SMILES string of the molecule is COc1cc(C(=O)NC(C)C)ccc1Oc1nc(Nc2cccc(OCCCN3CCCCC3)c2)ncc1C(=O)Nc1c(C)cccc1C. The Hall–Kier alpha value is -5.16. The van der Waals surface area contributed by atoms with Crippen molar-refractivity contribution in [2.75, 3.05) is 44.0 Å². The third-order valence-electron chi connectivity index (χ3n) is 8.20. The minimum absolute atomic E-state index is 0.00374. The minimum Gasteiger partial charge on any atom is -0.493 e. The number of rotatable bonds is 14. The Morgan fingerprint density at radius 1 is 0.918 bits per heavy atom. The number of carbonyl (C=O) groups excluding carboxylic acids is 2. The van der Waals surface area contributed by atoms with E-state index in [1.54, 1.807) is 18.2 Å². The van der Waals surface area contributed by atoms with Crippen LogP contribution in [0.25, 0.3) is 0 Å². The molecule has 1 aliphatic rings. The molecule has 0 unspecified atom stereocenters.